The molecule has 0 saturated heterocycles. The van der Waals surface area contributed by atoms with E-state index in [1.54, 1.807) is 7.11 Å². The second-order valence-electron chi connectivity index (χ2n) is 5.34. The van der Waals surface area contributed by atoms with E-state index in [4.69, 9.17) is 10.5 Å². The van der Waals surface area contributed by atoms with Gasteiger partial charge in [-0.15, -0.1) is 0 Å². The number of nitrogens with zero attached hydrogens (tertiary/aromatic N) is 1. The lowest BCUT2D eigenvalue weighted by molar-refractivity contribution is 0.0685. The van der Waals surface area contributed by atoms with E-state index >= 15 is 0 Å². The highest BCUT2D eigenvalue weighted by Gasteiger charge is 2.29. The van der Waals surface area contributed by atoms with E-state index in [0.29, 0.717) is 6.04 Å². The summed E-state index contributed by atoms with van der Waals surface area (Å²) in [6, 6.07) is 0.657. The molecule has 18 heavy (non-hydrogen) atoms. The van der Waals surface area contributed by atoms with E-state index in [1.807, 2.05) is 0 Å². The first kappa shape index (κ1) is 17.9. The quantitative estimate of drug-likeness (QED) is 0.619. The molecule has 0 saturated carbocycles. The Hall–Kier alpha value is -0.120. The lowest BCUT2D eigenvalue weighted by Crippen LogP contribution is -2.47. The van der Waals surface area contributed by atoms with E-state index in [-0.39, 0.29) is 5.41 Å². The summed E-state index contributed by atoms with van der Waals surface area (Å²) in [5.74, 6) is 0. The highest BCUT2D eigenvalue weighted by atomic mass is 16.5. The van der Waals surface area contributed by atoms with Crippen LogP contribution in [0.2, 0.25) is 0 Å². The minimum Gasteiger partial charge on any atom is -0.383 e. The zero-order chi connectivity index (χ0) is 14.0. The molecule has 0 amide bonds. The molecule has 3 nitrogen and oxygen atoms in total. The third kappa shape index (κ3) is 5.25. The normalized spacial score (nSPS) is 12.7. The molecule has 0 rings (SSSR count). The standard InChI is InChI=1S/C15H34N2O/c1-6-14(7-2)17(10-11-18-5)13-15(8-3,9-4)12-16/h14H,6-13,16H2,1-5H3. The van der Waals surface area contributed by atoms with Crippen molar-refractivity contribution >= 4 is 0 Å². The number of rotatable bonds is 11. The minimum absolute atomic E-state index is 0.274. The highest BCUT2D eigenvalue weighted by Crippen LogP contribution is 2.27. The van der Waals surface area contributed by atoms with Gasteiger partial charge in [-0.1, -0.05) is 27.7 Å². The molecule has 0 unspecified atom stereocenters. The molecular formula is C15H34N2O. The third-order valence-corrected chi connectivity index (χ3v) is 4.51. The Labute approximate surface area is 114 Å². The Morgan fingerprint density at radius 2 is 1.67 bits per heavy atom. The van der Waals surface area contributed by atoms with Crippen LogP contribution in [0.4, 0.5) is 0 Å². The molecule has 0 aliphatic rings. The molecule has 0 aromatic carbocycles. The van der Waals surface area contributed by atoms with Crippen LogP contribution < -0.4 is 5.73 Å². The maximum Gasteiger partial charge on any atom is 0.0589 e. The first-order chi connectivity index (χ1) is 8.62. The first-order valence-electron chi connectivity index (χ1n) is 7.55. The highest BCUT2D eigenvalue weighted by molar-refractivity contribution is 4.84. The van der Waals surface area contributed by atoms with Gasteiger partial charge in [0, 0.05) is 26.2 Å². The molecule has 110 valence electrons. The average molecular weight is 258 g/mol. The van der Waals surface area contributed by atoms with Gasteiger partial charge in [0.2, 0.25) is 0 Å². The molecule has 0 aromatic rings. The smallest absolute Gasteiger partial charge is 0.0589 e. The van der Waals surface area contributed by atoms with Gasteiger partial charge in [0.1, 0.15) is 0 Å². The van der Waals surface area contributed by atoms with Crippen LogP contribution >= 0.6 is 0 Å². The molecule has 0 bridgehead atoms. The van der Waals surface area contributed by atoms with Gasteiger partial charge in [0.05, 0.1) is 6.61 Å². The van der Waals surface area contributed by atoms with Crippen molar-refractivity contribution < 1.29 is 4.74 Å². The fourth-order valence-electron chi connectivity index (χ4n) is 2.66. The van der Waals surface area contributed by atoms with Crippen LogP contribution in [0.3, 0.4) is 0 Å². The Bertz CT molecular complexity index is 181. The van der Waals surface area contributed by atoms with E-state index in [2.05, 4.69) is 32.6 Å². The lowest BCUT2D eigenvalue weighted by Gasteiger charge is -2.40. The molecule has 0 radical (unpaired) electrons. The Morgan fingerprint density at radius 1 is 1.11 bits per heavy atom. The molecule has 3 heteroatoms. The van der Waals surface area contributed by atoms with E-state index in [0.717, 1.165) is 39.1 Å². The van der Waals surface area contributed by atoms with Gasteiger partial charge in [-0.3, -0.25) is 4.90 Å². The molecular weight excluding hydrogens is 224 g/mol. The van der Waals surface area contributed by atoms with E-state index in [1.165, 1.54) is 12.8 Å². The molecule has 0 aliphatic heterocycles. The van der Waals surface area contributed by atoms with Crippen molar-refractivity contribution in [1.82, 2.24) is 4.90 Å². The summed E-state index contributed by atoms with van der Waals surface area (Å²) < 4.78 is 5.25. The fraction of sp³-hybridized carbons (Fsp3) is 1.00. The van der Waals surface area contributed by atoms with Gasteiger partial charge < -0.3 is 10.5 Å². The van der Waals surface area contributed by atoms with Gasteiger partial charge in [0.25, 0.3) is 0 Å². The Kier molecular flexibility index (Phi) is 9.70. The van der Waals surface area contributed by atoms with Crippen LogP contribution in [0.15, 0.2) is 0 Å². The molecule has 0 atom stereocenters. The second-order valence-corrected chi connectivity index (χ2v) is 5.34. The molecule has 0 aromatic heterocycles. The predicted octanol–water partition coefficient (Wildman–Crippen LogP) is 2.89. The monoisotopic (exact) mass is 258 g/mol. The van der Waals surface area contributed by atoms with Crippen LogP contribution in [0, 0.1) is 5.41 Å². The number of nitrogens with two attached hydrogens (primary N) is 1. The van der Waals surface area contributed by atoms with Crippen LogP contribution in [-0.4, -0.2) is 44.3 Å². The van der Waals surface area contributed by atoms with Gasteiger partial charge in [-0.25, -0.2) is 0 Å². The fourth-order valence-corrected chi connectivity index (χ4v) is 2.66. The Morgan fingerprint density at radius 3 is 2.00 bits per heavy atom. The van der Waals surface area contributed by atoms with Gasteiger partial charge >= 0.3 is 0 Å². The summed E-state index contributed by atoms with van der Waals surface area (Å²) >= 11 is 0. The van der Waals surface area contributed by atoms with Crippen molar-refractivity contribution in [3.05, 3.63) is 0 Å². The Balaban J connectivity index is 4.72. The summed E-state index contributed by atoms with van der Waals surface area (Å²) in [5, 5.41) is 0. The lowest BCUT2D eigenvalue weighted by atomic mass is 9.81. The van der Waals surface area contributed by atoms with Gasteiger partial charge in [-0.2, -0.15) is 0 Å². The second kappa shape index (κ2) is 9.76. The number of hydrogen-bond donors (Lipinski definition) is 1. The van der Waals surface area contributed by atoms with Crippen LogP contribution in [0.1, 0.15) is 53.4 Å². The molecule has 0 fully saturated rings. The van der Waals surface area contributed by atoms with Crippen molar-refractivity contribution in [1.29, 1.82) is 0 Å². The van der Waals surface area contributed by atoms with Crippen LogP contribution in [0.25, 0.3) is 0 Å². The van der Waals surface area contributed by atoms with Crippen LogP contribution in [0.5, 0.6) is 0 Å². The van der Waals surface area contributed by atoms with Crippen molar-refractivity contribution in [3.63, 3.8) is 0 Å². The summed E-state index contributed by atoms with van der Waals surface area (Å²) in [6.45, 7) is 12.8. The predicted molar refractivity (Wildman–Crippen MR) is 79.9 cm³/mol. The number of methoxy groups -OCH3 is 1. The van der Waals surface area contributed by atoms with Crippen LogP contribution in [-0.2, 0) is 4.74 Å². The van der Waals surface area contributed by atoms with Gasteiger partial charge in [-0.05, 0) is 37.6 Å². The third-order valence-electron chi connectivity index (χ3n) is 4.51. The average Bonchev–Trinajstić information content (AvgIpc) is 2.42. The largest absolute Gasteiger partial charge is 0.383 e. The van der Waals surface area contributed by atoms with Crippen molar-refractivity contribution in [2.75, 3.05) is 33.4 Å². The summed E-state index contributed by atoms with van der Waals surface area (Å²) in [7, 11) is 1.78. The van der Waals surface area contributed by atoms with E-state index < -0.39 is 0 Å². The maximum absolute atomic E-state index is 6.03. The summed E-state index contributed by atoms with van der Waals surface area (Å²) in [4.78, 5) is 2.59. The van der Waals surface area contributed by atoms with Crippen molar-refractivity contribution in [3.8, 4) is 0 Å². The van der Waals surface area contributed by atoms with Crippen molar-refractivity contribution in [2.24, 2.45) is 11.1 Å². The molecule has 0 heterocycles. The van der Waals surface area contributed by atoms with E-state index in [9.17, 15) is 0 Å². The zero-order valence-electron chi connectivity index (χ0n) is 13.2. The minimum atomic E-state index is 0.274. The topological polar surface area (TPSA) is 38.5 Å². The molecule has 0 spiro atoms. The van der Waals surface area contributed by atoms with Gasteiger partial charge in [0.15, 0.2) is 0 Å². The summed E-state index contributed by atoms with van der Waals surface area (Å²) in [5.41, 5.74) is 6.31. The van der Waals surface area contributed by atoms with Crippen molar-refractivity contribution in [2.45, 2.75) is 59.4 Å². The number of hydrogen-bond acceptors (Lipinski definition) is 3. The maximum atomic E-state index is 6.03. The molecule has 2 N–H and O–H groups in total. The number of ether oxygens (including phenoxy) is 1. The zero-order valence-corrected chi connectivity index (χ0v) is 13.2. The SMILES string of the molecule is CCC(CC)N(CCOC)CC(CC)(CC)CN. The first-order valence-corrected chi connectivity index (χ1v) is 7.55. The summed E-state index contributed by atoms with van der Waals surface area (Å²) in [6.07, 6.45) is 4.72. The molecule has 0 aliphatic carbocycles.